The van der Waals surface area contributed by atoms with Crippen molar-refractivity contribution in [2.24, 2.45) is 5.41 Å². The van der Waals surface area contributed by atoms with Gasteiger partial charge in [0.1, 0.15) is 23.9 Å². The standard InChI is InChI=1S/C27H34N4O6S/c1-16(30(2)26(35)36)23(32)29-19-10-14-38-21-15-27(11-5-6-12-27)22(31(21)25(19)34)24(33)28-18-9-13-37-20-8-4-3-7-17(18)20/h3-8,16,18-19,21-22H,9-15H2,1-2H3,(H,28,33)(H,29,32)(H,35,36)/t16-,18+,19-,21-,22+/m0/s1. The van der Waals surface area contributed by atoms with Crippen LogP contribution in [0.1, 0.15) is 50.6 Å². The monoisotopic (exact) mass is 542 g/mol. The van der Waals surface area contributed by atoms with Gasteiger partial charge in [-0.1, -0.05) is 30.4 Å². The molecule has 1 aromatic rings. The normalized spacial score (nSPS) is 28.1. The largest absolute Gasteiger partial charge is 0.493 e. The Morgan fingerprint density at radius 1 is 1.16 bits per heavy atom. The minimum atomic E-state index is -1.22. The number of likely N-dealkylation sites (N-methyl/N-ethyl adjacent to an activating group) is 1. The molecule has 10 nitrogen and oxygen atoms in total. The van der Waals surface area contributed by atoms with Crippen molar-refractivity contribution in [2.75, 3.05) is 19.4 Å². The summed E-state index contributed by atoms with van der Waals surface area (Å²) in [6.07, 6.45) is 6.15. The molecule has 2 fully saturated rings. The summed E-state index contributed by atoms with van der Waals surface area (Å²) in [4.78, 5) is 54.8. The Labute approximate surface area is 226 Å². The van der Waals surface area contributed by atoms with Gasteiger partial charge in [0.25, 0.3) is 0 Å². The number of ether oxygens (including phenoxy) is 1. The Kier molecular flexibility index (Phi) is 7.30. The van der Waals surface area contributed by atoms with Crippen LogP contribution in [0.5, 0.6) is 5.75 Å². The summed E-state index contributed by atoms with van der Waals surface area (Å²) < 4.78 is 5.77. The third-order valence-corrected chi connectivity index (χ3v) is 9.59. The zero-order chi connectivity index (χ0) is 27.0. The third kappa shape index (κ3) is 4.72. The van der Waals surface area contributed by atoms with Crippen molar-refractivity contribution < 1.29 is 29.0 Å². The molecule has 3 N–H and O–H groups in total. The van der Waals surface area contributed by atoms with Gasteiger partial charge >= 0.3 is 6.09 Å². The number of para-hydroxylation sites is 1. The highest BCUT2D eigenvalue weighted by Gasteiger charge is 2.58. The zero-order valence-electron chi connectivity index (χ0n) is 21.6. The van der Waals surface area contributed by atoms with Gasteiger partial charge < -0.3 is 25.4 Å². The number of nitrogens with one attached hydrogen (secondary N) is 2. The van der Waals surface area contributed by atoms with E-state index in [-0.39, 0.29) is 28.6 Å². The molecule has 0 saturated carbocycles. The van der Waals surface area contributed by atoms with E-state index in [2.05, 4.69) is 22.8 Å². The first-order chi connectivity index (χ1) is 18.2. The fraction of sp³-hybridized carbons (Fsp3) is 0.556. The molecule has 0 aromatic heterocycles. The Morgan fingerprint density at radius 3 is 2.63 bits per heavy atom. The van der Waals surface area contributed by atoms with Gasteiger partial charge in [0.2, 0.25) is 17.7 Å². The Hall–Kier alpha value is -3.21. The van der Waals surface area contributed by atoms with E-state index < -0.39 is 30.1 Å². The minimum Gasteiger partial charge on any atom is -0.493 e. The molecule has 38 heavy (non-hydrogen) atoms. The molecule has 0 bridgehead atoms. The van der Waals surface area contributed by atoms with E-state index in [4.69, 9.17) is 4.74 Å². The number of fused-ring (bicyclic) bond motifs is 2. The van der Waals surface area contributed by atoms with Crippen LogP contribution in [-0.4, -0.2) is 81.6 Å². The van der Waals surface area contributed by atoms with Crippen molar-refractivity contribution in [3.63, 3.8) is 0 Å². The number of allylic oxidation sites excluding steroid dienone is 2. The van der Waals surface area contributed by atoms with Gasteiger partial charge in [-0.3, -0.25) is 19.3 Å². The van der Waals surface area contributed by atoms with Gasteiger partial charge in [0.15, 0.2) is 0 Å². The molecule has 1 aromatic carbocycles. The molecule has 2 saturated heterocycles. The van der Waals surface area contributed by atoms with Gasteiger partial charge in [-0.05, 0) is 44.4 Å². The van der Waals surface area contributed by atoms with Crippen molar-refractivity contribution in [1.82, 2.24) is 20.4 Å². The summed E-state index contributed by atoms with van der Waals surface area (Å²) in [5, 5.41) is 15.1. The van der Waals surface area contributed by atoms with Crippen LogP contribution in [0.25, 0.3) is 0 Å². The first-order valence-corrected chi connectivity index (χ1v) is 14.1. The van der Waals surface area contributed by atoms with Crippen LogP contribution in [0.4, 0.5) is 4.79 Å². The van der Waals surface area contributed by atoms with E-state index in [0.717, 1.165) is 16.2 Å². The van der Waals surface area contributed by atoms with E-state index in [1.165, 1.54) is 14.0 Å². The number of nitrogens with zero attached hydrogens (tertiary/aromatic N) is 2. The highest BCUT2D eigenvalue weighted by Crippen LogP contribution is 2.53. The number of hydrogen-bond acceptors (Lipinski definition) is 6. The third-order valence-electron chi connectivity index (χ3n) is 8.34. The second kappa shape index (κ2) is 10.5. The van der Waals surface area contributed by atoms with Gasteiger partial charge in [-0.15, -0.1) is 11.8 Å². The second-order valence-corrected chi connectivity index (χ2v) is 11.9. The zero-order valence-corrected chi connectivity index (χ0v) is 22.4. The summed E-state index contributed by atoms with van der Waals surface area (Å²) in [6, 6.07) is 5.01. The number of amides is 4. The molecular formula is C27H34N4O6S. The van der Waals surface area contributed by atoms with Crippen LogP contribution in [0.3, 0.4) is 0 Å². The molecule has 5 rings (SSSR count). The number of carboxylic acid groups (broad SMARTS) is 1. The Morgan fingerprint density at radius 2 is 1.89 bits per heavy atom. The average Bonchev–Trinajstić information content (AvgIpc) is 3.47. The summed E-state index contributed by atoms with van der Waals surface area (Å²) >= 11 is 1.65. The second-order valence-electron chi connectivity index (χ2n) is 10.6. The van der Waals surface area contributed by atoms with Gasteiger partial charge in [0, 0.05) is 24.4 Å². The van der Waals surface area contributed by atoms with E-state index >= 15 is 0 Å². The number of hydrogen-bond donors (Lipinski definition) is 3. The van der Waals surface area contributed by atoms with Crippen molar-refractivity contribution >= 4 is 35.6 Å². The number of rotatable bonds is 5. The summed E-state index contributed by atoms with van der Waals surface area (Å²) in [5.74, 6) is 0.405. The summed E-state index contributed by atoms with van der Waals surface area (Å²) in [6.45, 7) is 1.98. The van der Waals surface area contributed by atoms with Crippen LogP contribution < -0.4 is 15.4 Å². The lowest BCUT2D eigenvalue weighted by Gasteiger charge is -2.37. The SMILES string of the molecule is C[C@@H](C(=O)N[C@H]1CCS[C@H]2CC3(CC=CC3)[C@@H](C(=O)N[C@@H]3CCOc4ccccc43)N2C1=O)N(C)C(=O)O. The summed E-state index contributed by atoms with van der Waals surface area (Å²) in [5.41, 5.74) is 0.545. The first-order valence-electron chi connectivity index (χ1n) is 13.1. The van der Waals surface area contributed by atoms with Crippen LogP contribution in [0.2, 0.25) is 0 Å². The van der Waals surface area contributed by atoms with Gasteiger partial charge in [-0.25, -0.2) is 4.79 Å². The maximum absolute atomic E-state index is 14.1. The molecule has 4 amide bonds. The maximum atomic E-state index is 14.1. The smallest absolute Gasteiger partial charge is 0.407 e. The van der Waals surface area contributed by atoms with Crippen molar-refractivity contribution in [3.05, 3.63) is 42.0 Å². The fourth-order valence-corrected chi connectivity index (χ4v) is 7.56. The van der Waals surface area contributed by atoms with Gasteiger partial charge in [0.05, 0.1) is 18.0 Å². The highest BCUT2D eigenvalue weighted by molar-refractivity contribution is 7.99. The lowest BCUT2D eigenvalue weighted by atomic mass is 9.77. The van der Waals surface area contributed by atoms with E-state index in [1.807, 2.05) is 24.3 Å². The van der Waals surface area contributed by atoms with E-state index in [0.29, 0.717) is 44.5 Å². The molecular weight excluding hydrogens is 508 g/mol. The van der Waals surface area contributed by atoms with Crippen LogP contribution >= 0.6 is 11.8 Å². The number of benzene rings is 1. The minimum absolute atomic E-state index is 0.166. The predicted octanol–water partition coefficient (Wildman–Crippen LogP) is 2.51. The molecule has 1 spiro atoms. The Balaban J connectivity index is 1.39. The maximum Gasteiger partial charge on any atom is 0.407 e. The summed E-state index contributed by atoms with van der Waals surface area (Å²) in [7, 11) is 1.32. The Bertz CT molecular complexity index is 1150. The quantitative estimate of drug-likeness (QED) is 0.488. The molecule has 5 atom stereocenters. The van der Waals surface area contributed by atoms with E-state index in [9.17, 15) is 24.3 Å². The highest BCUT2D eigenvalue weighted by atomic mass is 32.2. The molecule has 204 valence electrons. The number of carbonyl (C=O) groups excluding carboxylic acids is 3. The molecule has 1 aliphatic carbocycles. The lowest BCUT2D eigenvalue weighted by Crippen LogP contribution is -2.59. The molecule has 11 heteroatoms. The van der Waals surface area contributed by atoms with Crippen molar-refractivity contribution in [1.29, 1.82) is 0 Å². The number of thioether (sulfide) groups is 1. The topological polar surface area (TPSA) is 128 Å². The van der Waals surface area contributed by atoms with Crippen molar-refractivity contribution in [3.8, 4) is 5.75 Å². The van der Waals surface area contributed by atoms with Crippen LogP contribution in [-0.2, 0) is 14.4 Å². The molecule has 3 aliphatic heterocycles. The molecule has 4 aliphatic rings. The average molecular weight is 543 g/mol. The number of carbonyl (C=O) groups is 4. The molecule has 0 radical (unpaired) electrons. The van der Waals surface area contributed by atoms with E-state index in [1.54, 1.807) is 16.7 Å². The molecule has 3 heterocycles. The first kappa shape index (κ1) is 26.4. The molecule has 0 unspecified atom stereocenters. The van der Waals surface area contributed by atoms with Crippen LogP contribution in [0, 0.1) is 5.41 Å². The van der Waals surface area contributed by atoms with Crippen molar-refractivity contribution in [2.45, 2.75) is 68.6 Å². The fourth-order valence-electron chi connectivity index (χ4n) is 6.08. The van der Waals surface area contributed by atoms with Gasteiger partial charge in [-0.2, -0.15) is 0 Å². The lowest BCUT2D eigenvalue weighted by molar-refractivity contribution is -0.144. The van der Waals surface area contributed by atoms with Crippen LogP contribution in [0.15, 0.2) is 36.4 Å². The predicted molar refractivity (Wildman–Crippen MR) is 142 cm³/mol.